The van der Waals surface area contributed by atoms with Crippen molar-refractivity contribution in [3.05, 3.63) is 47.1 Å². The number of amides is 1. The molecule has 1 heterocycles. The maximum Gasteiger partial charge on any atom is 0.434 e. The molecule has 0 saturated heterocycles. The van der Waals surface area contributed by atoms with Crippen LogP contribution in [0.15, 0.2) is 36.5 Å². The molecule has 2 rings (SSSR count). The Morgan fingerprint density at radius 2 is 1.71 bits per heavy atom. The van der Waals surface area contributed by atoms with E-state index in [1.165, 1.54) is 24.3 Å². The van der Waals surface area contributed by atoms with Gasteiger partial charge in [-0.05, 0) is 44.2 Å². The molecule has 0 atom stereocenters. The smallest absolute Gasteiger partial charge is 0.434 e. The van der Waals surface area contributed by atoms with Gasteiger partial charge in [-0.15, -0.1) is 0 Å². The number of carbonyl (C=O) groups is 1. The minimum absolute atomic E-state index is 0.0810. The number of hydrogen-bond donors (Lipinski definition) is 1. The summed E-state index contributed by atoms with van der Waals surface area (Å²) in [7, 11) is -3.75. The Balaban J connectivity index is 1.94. The summed E-state index contributed by atoms with van der Waals surface area (Å²) >= 11 is 5.80. The fourth-order valence-corrected chi connectivity index (χ4v) is 3.61. The molecule has 1 aromatic carbocycles. The number of rotatable bonds is 10. The number of ether oxygens (including phenoxy) is 2. The molecule has 0 radical (unpaired) electrons. The topological polar surface area (TPSA) is 96.0 Å². The summed E-state index contributed by atoms with van der Waals surface area (Å²) in [4.78, 5) is 15.5. The second-order valence-corrected chi connectivity index (χ2v) is 7.88. The summed E-state index contributed by atoms with van der Waals surface area (Å²) in [5.41, 5.74) is -0.995. The maximum absolute atomic E-state index is 12.7. The average Bonchev–Trinajstić information content (AvgIpc) is 2.68. The van der Waals surface area contributed by atoms with Gasteiger partial charge in [0.1, 0.15) is 16.5 Å². The lowest BCUT2D eigenvalue weighted by Crippen LogP contribution is -2.28. The van der Waals surface area contributed by atoms with E-state index in [9.17, 15) is 22.5 Å². The highest BCUT2D eigenvalue weighted by molar-refractivity contribution is 7.52. The van der Waals surface area contributed by atoms with Crippen LogP contribution < -0.4 is 14.6 Å². The number of nitrogens with zero attached hydrogens (tertiary/aromatic N) is 1. The molecule has 170 valence electrons. The van der Waals surface area contributed by atoms with Gasteiger partial charge in [0.05, 0.1) is 18.8 Å². The lowest BCUT2D eigenvalue weighted by Gasteiger charge is -2.17. The summed E-state index contributed by atoms with van der Waals surface area (Å²) in [6.45, 7) is 2.91. The normalized spacial score (nSPS) is 11.8. The molecule has 0 aliphatic rings. The van der Waals surface area contributed by atoms with E-state index in [0.29, 0.717) is 12.3 Å². The first-order chi connectivity index (χ1) is 14.6. The monoisotopic (exact) mass is 482 g/mol. The van der Waals surface area contributed by atoms with Gasteiger partial charge in [-0.25, -0.2) is 9.55 Å². The van der Waals surface area contributed by atoms with Gasteiger partial charge >= 0.3 is 13.9 Å². The highest BCUT2D eigenvalue weighted by Crippen LogP contribution is 2.43. The van der Waals surface area contributed by atoms with E-state index < -0.39 is 32.0 Å². The molecule has 0 fully saturated rings. The van der Waals surface area contributed by atoms with Gasteiger partial charge in [0.15, 0.2) is 6.61 Å². The number of hydrogen-bond acceptors (Lipinski definition) is 7. The van der Waals surface area contributed by atoms with Crippen molar-refractivity contribution in [1.82, 2.24) is 10.1 Å². The molecule has 1 aromatic heterocycles. The molecule has 0 aliphatic heterocycles. The Morgan fingerprint density at radius 3 is 2.23 bits per heavy atom. The van der Waals surface area contributed by atoms with E-state index in [1.54, 1.807) is 13.8 Å². The molecule has 0 saturated carbocycles. The third-order valence-electron chi connectivity index (χ3n) is 3.40. The van der Waals surface area contributed by atoms with Crippen LogP contribution in [0.2, 0.25) is 5.02 Å². The van der Waals surface area contributed by atoms with Crippen molar-refractivity contribution in [2.24, 2.45) is 0 Å². The number of nitrogens with one attached hydrogen (secondary N) is 1. The van der Waals surface area contributed by atoms with Gasteiger partial charge in [-0.3, -0.25) is 18.9 Å². The molecular weight excluding hydrogens is 464 g/mol. The second-order valence-electron chi connectivity index (χ2n) is 5.74. The maximum atomic E-state index is 12.7. The van der Waals surface area contributed by atoms with Crippen LogP contribution in [0.25, 0.3) is 0 Å². The summed E-state index contributed by atoms with van der Waals surface area (Å²) in [5.74, 6) is -0.420. The van der Waals surface area contributed by atoms with Crippen molar-refractivity contribution in [2.45, 2.75) is 20.0 Å². The Morgan fingerprint density at radius 1 is 1.13 bits per heavy atom. The Bertz CT molecular complexity index is 933. The van der Waals surface area contributed by atoms with Gasteiger partial charge in [-0.2, -0.15) is 13.2 Å². The predicted octanol–water partition coefficient (Wildman–Crippen LogP) is 5.22. The zero-order chi connectivity index (χ0) is 23.1. The highest BCUT2D eigenvalue weighted by Gasteiger charge is 2.32. The Labute approximate surface area is 181 Å². The van der Waals surface area contributed by atoms with E-state index in [2.05, 4.69) is 10.1 Å². The number of halogens is 4. The molecule has 0 aliphatic carbocycles. The van der Waals surface area contributed by atoms with E-state index in [4.69, 9.17) is 30.1 Å². The SMILES string of the molecule is CCOP(=O)(NC(=O)COc1ccc(Oc2ncc(C(F)(F)F)cc2Cl)cc1)OCC. The van der Waals surface area contributed by atoms with Crippen molar-refractivity contribution in [3.63, 3.8) is 0 Å². The number of benzene rings is 1. The Hall–Kier alpha value is -2.33. The number of alkyl halides is 3. The summed E-state index contributed by atoms with van der Waals surface area (Å²) in [5, 5.41) is 1.84. The fraction of sp³-hybridized carbons (Fsp3) is 0.333. The molecule has 1 N–H and O–H groups in total. The fourth-order valence-electron chi connectivity index (χ4n) is 2.15. The van der Waals surface area contributed by atoms with Crippen LogP contribution in [-0.4, -0.2) is 30.7 Å². The minimum Gasteiger partial charge on any atom is -0.484 e. The zero-order valence-corrected chi connectivity index (χ0v) is 18.1. The number of pyridine rings is 1. The van der Waals surface area contributed by atoms with E-state index in [0.717, 1.165) is 0 Å². The van der Waals surface area contributed by atoms with Crippen LogP contribution in [0.4, 0.5) is 13.2 Å². The third-order valence-corrected chi connectivity index (χ3v) is 5.39. The molecule has 0 spiro atoms. The third kappa shape index (κ3) is 7.70. The van der Waals surface area contributed by atoms with Crippen molar-refractivity contribution in [2.75, 3.05) is 19.8 Å². The van der Waals surface area contributed by atoms with Gasteiger partial charge in [0.2, 0.25) is 5.88 Å². The van der Waals surface area contributed by atoms with Crippen LogP contribution in [-0.2, 0) is 24.6 Å². The Kier molecular flexibility index (Phi) is 8.69. The van der Waals surface area contributed by atoms with Crippen LogP contribution in [0, 0.1) is 0 Å². The lowest BCUT2D eigenvalue weighted by atomic mass is 10.3. The first-order valence-corrected chi connectivity index (χ1v) is 10.8. The first kappa shape index (κ1) is 24.9. The van der Waals surface area contributed by atoms with Crippen molar-refractivity contribution >= 4 is 25.3 Å². The van der Waals surface area contributed by atoms with E-state index >= 15 is 0 Å². The summed E-state index contributed by atoms with van der Waals surface area (Å²) < 4.78 is 70.7. The second kappa shape index (κ2) is 10.8. The van der Waals surface area contributed by atoms with Crippen molar-refractivity contribution < 1.29 is 41.1 Å². The van der Waals surface area contributed by atoms with Crippen molar-refractivity contribution in [3.8, 4) is 17.4 Å². The van der Waals surface area contributed by atoms with E-state index in [1.807, 2.05) is 0 Å². The summed E-state index contributed by atoms with van der Waals surface area (Å²) in [6, 6.07) is 6.49. The quantitative estimate of drug-likeness (QED) is 0.464. The molecule has 2 aromatic rings. The van der Waals surface area contributed by atoms with Gasteiger partial charge < -0.3 is 9.47 Å². The number of aromatic nitrogens is 1. The summed E-state index contributed by atoms with van der Waals surface area (Å²) in [6.07, 6.45) is -3.96. The molecule has 8 nitrogen and oxygen atoms in total. The molecule has 31 heavy (non-hydrogen) atoms. The van der Waals surface area contributed by atoms with Gasteiger partial charge in [-0.1, -0.05) is 11.6 Å². The van der Waals surface area contributed by atoms with Gasteiger partial charge in [0.25, 0.3) is 5.91 Å². The predicted molar refractivity (Wildman–Crippen MR) is 105 cm³/mol. The minimum atomic E-state index is -4.57. The average molecular weight is 483 g/mol. The molecular formula is C18H19ClF3N2O6P. The highest BCUT2D eigenvalue weighted by atomic mass is 35.5. The largest absolute Gasteiger partial charge is 0.484 e. The van der Waals surface area contributed by atoms with Gasteiger partial charge in [0, 0.05) is 6.20 Å². The zero-order valence-electron chi connectivity index (χ0n) is 16.4. The molecule has 0 bridgehead atoms. The lowest BCUT2D eigenvalue weighted by molar-refractivity contribution is -0.137. The molecule has 0 unspecified atom stereocenters. The first-order valence-electron chi connectivity index (χ1n) is 8.90. The van der Waals surface area contributed by atoms with Crippen molar-refractivity contribution in [1.29, 1.82) is 0 Å². The molecule has 13 heteroatoms. The number of carbonyl (C=O) groups excluding carboxylic acids is 1. The van der Waals surface area contributed by atoms with Crippen LogP contribution in [0.3, 0.4) is 0 Å². The van der Waals surface area contributed by atoms with Crippen LogP contribution in [0.1, 0.15) is 19.4 Å². The van der Waals surface area contributed by atoms with Crippen LogP contribution in [0.5, 0.6) is 17.4 Å². The standard InChI is InChI=1S/C18H19ClF3N2O6P/c1-3-28-31(26,29-4-2)24-16(25)11-27-13-5-7-14(8-6-13)30-17-15(19)9-12(10-23-17)18(20,21)22/h5-10H,3-4,11H2,1-2H3,(H,24,25,26). The van der Waals surface area contributed by atoms with E-state index in [-0.39, 0.29) is 35.6 Å². The molecule has 1 amide bonds. The van der Waals surface area contributed by atoms with Crippen LogP contribution >= 0.6 is 19.3 Å².